The van der Waals surface area contributed by atoms with Crippen LogP contribution in [-0.4, -0.2) is 9.97 Å². The van der Waals surface area contributed by atoms with Crippen molar-refractivity contribution in [1.29, 1.82) is 0 Å². The predicted molar refractivity (Wildman–Crippen MR) is 73.2 cm³/mol. The maximum absolute atomic E-state index is 4.38. The quantitative estimate of drug-likeness (QED) is 0.894. The van der Waals surface area contributed by atoms with E-state index in [0.717, 1.165) is 18.1 Å². The summed E-state index contributed by atoms with van der Waals surface area (Å²) in [7, 11) is 0. The van der Waals surface area contributed by atoms with E-state index in [4.69, 9.17) is 0 Å². The van der Waals surface area contributed by atoms with Crippen LogP contribution in [0.2, 0.25) is 0 Å². The minimum Gasteiger partial charge on any atom is -0.305 e. The highest BCUT2D eigenvalue weighted by Gasteiger charge is 2.05. The average Bonchev–Trinajstić information content (AvgIpc) is 2.36. The SMILES string of the molecule is Cc1cccc([C@H](C)NCc2ccnc(C)n2)c1. The summed E-state index contributed by atoms with van der Waals surface area (Å²) in [4.78, 5) is 8.48. The maximum Gasteiger partial charge on any atom is 0.125 e. The Balaban J connectivity index is 1.98. The first-order chi connectivity index (χ1) is 8.65. The highest BCUT2D eigenvalue weighted by Crippen LogP contribution is 2.14. The zero-order valence-corrected chi connectivity index (χ0v) is 11.1. The fraction of sp³-hybridized carbons (Fsp3) is 0.333. The molecule has 0 spiro atoms. The molecule has 1 N–H and O–H groups in total. The van der Waals surface area contributed by atoms with Crippen LogP contribution in [0.15, 0.2) is 36.5 Å². The Morgan fingerprint density at radius 1 is 1.22 bits per heavy atom. The number of aryl methyl sites for hydroxylation is 2. The lowest BCUT2D eigenvalue weighted by molar-refractivity contribution is 0.566. The molecule has 0 amide bonds. The molecule has 3 heteroatoms. The van der Waals surface area contributed by atoms with Crippen molar-refractivity contribution in [2.24, 2.45) is 0 Å². The monoisotopic (exact) mass is 241 g/mol. The van der Waals surface area contributed by atoms with Crippen LogP contribution in [0.5, 0.6) is 0 Å². The van der Waals surface area contributed by atoms with Crippen molar-refractivity contribution in [3.63, 3.8) is 0 Å². The molecule has 0 radical (unpaired) electrons. The Kier molecular flexibility index (Phi) is 4.05. The zero-order valence-electron chi connectivity index (χ0n) is 11.1. The Morgan fingerprint density at radius 3 is 2.78 bits per heavy atom. The van der Waals surface area contributed by atoms with Crippen LogP contribution in [0.4, 0.5) is 0 Å². The molecule has 1 aromatic heterocycles. The van der Waals surface area contributed by atoms with Crippen LogP contribution in [0.1, 0.15) is 35.6 Å². The van der Waals surface area contributed by atoms with Crippen molar-refractivity contribution in [3.8, 4) is 0 Å². The summed E-state index contributed by atoms with van der Waals surface area (Å²) in [6.45, 7) is 6.96. The summed E-state index contributed by atoms with van der Waals surface area (Å²) in [6.07, 6.45) is 1.80. The van der Waals surface area contributed by atoms with Crippen LogP contribution >= 0.6 is 0 Å². The van der Waals surface area contributed by atoms with Gasteiger partial charge in [-0.1, -0.05) is 29.8 Å². The highest BCUT2D eigenvalue weighted by molar-refractivity contribution is 5.24. The molecule has 0 fully saturated rings. The Labute approximate surface area is 108 Å². The van der Waals surface area contributed by atoms with E-state index >= 15 is 0 Å². The molecule has 0 bridgehead atoms. The van der Waals surface area contributed by atoms with Gasteiger partial charge in [0.15, 0.2) is 0 Å². The first kappa shape index (κ1) is 12.7. The summed E-state index contributed by atoms with van der Waals surface area (Å²) >= 11 is 0. The lowest BCUT2D eigenvalue weighted by atomic mass is 10.1. The molecule has 0 saturated heterocycles. The maximum atomic E-state index is 4.38. The number of benzene rings is 1. The zero-order chi connectivity index (χ0) is 13.0. The van der Waals surface area contributed by atoms with Crippen LogP contribution in [0.25, 0.3) is 0 Å². The van der Waals surface area contributed by atoms with Gasteiger partial charge in [0, 0.05) is 18.8 Å². The molecule has 0 unspecified atom stereocenters. The number of nitrogens with one attached hydrogen (secondary N) is 1. The summed E-state index contributed by atoms with van der Waals surface area (Å²) in [5.74, 6) is 0.817. The summed E-state index contributed by atoms with van der Waals surface area (Å²) < 4.78 is 0. The highest BCUT2D eigenvalue weighted by atomic mass is 14.9. The van der Waals surface area contributed by atoms with Crippen molar-refractivity contribution >= 4 is 0 Å². The fourth-order valence-corrected chi connectivity index (χ4v) is 1.92. The van der Waals surface area contributed by atoms with Crippen molar-refractivity contribution in [2.75, 3.05) is 0 Å². The normalized spacial score (nSPS) is 12.4. The van der Waals surface area contributed by atoms with E-state index in [-0.39, 0.29) is 0 Å². The van der Waals surface area contributed by atoms with E-state index in [1.54, 1.807) is 6.20 Å². The van der Waals surface area contributed by atoms with Crippen molar-refractivity contribution in [1.82, 2.24) is 15.3 Å². The van der Waals surface area contributed by atoms with E-state index in [1.165, 1.54) is 11.1 Å². The third-order valence-electron chi connectivity index (χ3n) is 2.97. The van der Waals surface area contributed by atoms with Gasteiger partial charge < -0.3 is 5.32 Å². The van der Waals surface area contributed by atoms with Crippen molar-refractivity contribution in [2.45, 2.75) is 33.4 Å². The predicted octanol–water partition coefficient (Wildman–Crippen LogP) is 2.94. The standard InChI is InChI=1S/C15H19N3/c1-11-5-4-6-14(9-11)12(2)17-10-15-7-8-16-13(3)18-15/h4-9,12,17H,10H2,1-3H3/t12-/m0/s1. The van der Waals surface area contributed by atoms with Gasteiger partial charge in [0.1, 0.15) is 5.82 Å². The van der Waals surface area contributed by atoms with Gasteiger partial charge in [0.05, 0.1) is 5.69 Å². The van der Waals surface area contributed by atoms with E-state index < -0.39 is 0 Å². The van der Waals surface area contributed by atoms with Gasteiger partial charge in [-0.3, -0.25) is 0 Å². The number of rotatable bonds is 4. The van der Waals surface area contributed by atoms with Gasteiger partial charge >= 0.3 is 0 Å². The molecule has 0 aliphatic carbocycles. The van der Waals surface area contributed by atoms with Gasteiger partial charge in [-0.2, -0.15) is 0 Å². The van der Waals surface area contributed by atoms with Gasteiger partial charge in [0.25, 0.3) is 0 Å². The lowest BCUT2D eigenvalue weighted by Gasteiger charge is -2.14. The Morgan fingerprint density at radius 2 is 2.06 bits per heavy atom. The second kappa shape index (κ2) is 5.74. The van der Waals surface area contributed by atoms with Crippen molar-refractivity contribution < 1.29 is 0 Å². The van der Waals surface area contributed by atoms with E-state index in [0.29, 0.717) is 6.04 Å². The third kappa shape index (κ3) is 3.37. The Hall–Kier alpha value is -1.74. The van der Waals surface area contributed by atoms with Crippen LogP contribution in [-0.2, 0) is 6.54 Å². The molecule has 1 atom stereocenters. The molecule has 1 aromatic carbocycles. The first-order valence-electron chi connectivity index (χ1n) is 6.23. The topological polar surface area (TPSA) is 37.8 Å². The molecule has 1 heterocycles. The second-order valence-corrected chi connectivity index (χ2v) is 4.61. The summed E-state index contributed by atoms with van der Waals surface area (Å²) in [6, 6.07) is 10.8. The van der Waals surface area contributed by atoms with Crippen LogP contribution < -0.4 is 5.32 Å². The van der Waals surface area contributed by atoms with Gasteiger partial charge in [-0.15, -0.1) is 0 Å². The lowest BCUT2D eigenvalue weighted by Crippen LogP contribution is -2.19. The molecular weight excluding hydrogens is 222 g/mol. The van der Waals surface area contributed by atoms with Gasteiger partial charge in [-0.25, -0.2) is 9.97 Å². The Bertz CT molecular complexity index is 523. The fourth-order valence-electron chi connectivity index (χ4n) is 1.92. The smallest absolute Gasteiger partial charge is 0.125 e. The van der Waals surface area contributed by atoms with Gasteiger partial charge in [-0.05, 0) is 32.4 Å². The molecule has 3 nitrogen and oxygen atoms in total. The number of hydrogen-bond donors (Lipinski definition) is 1. The van der Waals surface area contributed by atoms with Crippen LogP contribution in [0, 0.1) is 13.8 Å². The number of hydrogen-bond acceptors (Lipinski definition) is 3. The molecule has 0 saturated carbocycles. The van der Waals surface area contributed by atoms with Gasteiger partial charge in [0.2, 0.25) is 0 Å². The minimum absolute atomic E-state index is 0.320. The molecule has 0 aliphatic heterocycles. The van der Waals surface area contributed by atoms with E-state index in [2.05, 4.69) is 53.4 Å². The minimum atomic E-state index is 0.320. The first-order valence-corrected chi connectivity index (χ1v) is 6.23. The summed E-state index contributed by atoms with van der Waals surface area (Å²) in [5.41, 5.74) is 3.63. The van der Waals surface area contributed by atoms with E-state index in [9.17, 15) is 0 Å². The molecule has 18 heavy (non-hydrogen) atoms. The third-order valence-corrected chi connectivity index (χ3v) is 2.97. The number of aromatic nitrogens is 2. The molecular formula is C15H19N3. The second-order valence-electron chi connectivity index (χ2n) is 4.61. The largest absolute Gasteiger partial charge is 0.305 e. The number of nitrogens with zero attached hydrogens (tertiary/aromatic N) is 2. The van der Waals surface area contributed by atoms with Crippen LogP contribution in [0.3, 0.4) is 0 Å². The molecule has 2 rings (SSSR count). The van der Waals surface area contributed by atoms with E-state index in [1.807, 2.05) is 13.0 Å². The molecule has 0 aliphatic rings. The summed E-state index contributed by atoms with van der Waals surface area (Å²) in [5, 5.41) is 3.48. The average molecular weight is 241 g/mol. The molecule has 2 aromatic rings. The molecule has 94 valence electrons. The van der Waals surface area contributed by atoms with Crippen molar-refractivity contribution in [3.05, 3.63) is 59.2 Å².